The smallest absolute Gasteiger partial charge is 0.322 e. The number of aliphatic hydroxyl groups is 1. The van der Waals surface area contributed by atoms with Crippen molar-refractivity contribution in [3.05, 3.63) is 48.0 Å². The number of benzene rings is 1. The Morgan fingerprint density at radius 3 is 2.94 bits per heavy atom. The topological polar surface area (TPSA) is 95.2 Å². The Kier molecular flexibility index (Phi) is 5.30. The van der Waals surface area contributed by atoms with Crippen molar-refractivity contribution in [2.75, 3.05) is 37.0 Å². The van der Waals surface area contributed by atoms with Crippen molar-refractivity contribution < 1.29 is 19.0 Å². The molecule has 4 heterocycles. The summed E-state index contributed by atoms with van der Waals surface area (Å²) in [6, 6.07) is 6.08. The van der Waals surface area contributed by atoms with Crippen LogP contribution in [0.2, 0.25) is 0 Å². The summed E-state index contributed by atoms with van der Waals surface area (Å²) in [6.45, 7) is 1.60. The number of likely N-dealkylation sites (tertiary alicyclic amines) is 1. The highest BCUT2D eigenvalue weighted by atomic mass is 19.1. The van der Waals surface area contributed by atoms with Crippen molar-refractivity contribution in [3.8, 4) is 5.75 Å². The maximum atomic E-state index is 14.0. The lowest BCUT2D eigenvalue weighted by atomic mass is 10.0. The molecule has 0 aliphatic carbocycles. The van der Waals surface area contributed by atoms with Crippen molar-refractivity contribution in [3.63, 3.8) is 0 Å². The zero-order chi connectivity index (χ0) is 22.2. The first-order valence-electron chi connectivity index (χ1n) is 10.7. The zero-order valence-electron chi connectivity index (χ0n) is 17.7. The van der Waals surface area contributed by atoms with Gasteiger partial charge in [-0.05, 0) is 43.5 Å². The van der Waals surface area contributed by atoms with E-state index in [1.165, 1.54) is 12.1 Å². The molecule has 2 aliphatic rings. The van der Waals surface area contributed by atoms with Crippen LogP contribution < -0.4 is 15.0 Å². The van der Waals surface area contributed by atoms with E-state index in [0.717, 1.165) is 30.8 Å². The van der Waals surface area contributed by atoms with Gasteiger partial charge in [0.2, 0.25) is 0 Å². The van der Waals surface area contributed by atoms with Crippen molar-refractivity contribution in [2.24, 2.45) is 0 Å². The van der Waals surface area contributed by atoms with Crippen LogP contribution in [-0.4, -0.2) is 63.5 Å². The lowest BCUT2D eigenvalue weighted by Gasteiger charge is -2.27. The number of carbonyl (C=O) groups excluding carboxylic acids is 1. The largest absolute Gasteiger partial charge is 0.496 e. The van der Waals surface area contributed by atoms with E-state index in [2.05, 4.69) is 15.3 Å². The number of ether oxygens (including phenoxy) is 1. The van der Waals surface area contributed by atoms with Gasteiger partial charge in [0, 0.05) is 31.4 Å². The lowest BCUT2D eigenvalue weighted by Crippen LogP contribution is -2.33. The van der Waals surface area contributed by atoms with E-state index in [-0.39, 0.29) is 17.9 Å². The summed E-state index contributed by atoms with van der Waals surface area (Å²) in [5.41, 5.74) is 1.81. The molecule has 0 spiro atoms. The number of aromatic nitrogens is 3. The SMILES string of the molecule is COc1ccc(F)cc1[C@H]1CCCN1c1ccn2ncc(NC(=O)N3CCC(O)C3)c2n1. The maximum Gasteiger partial charge on any atom is 0.322 e. The highest BCUT2D eigenvalue weighted by Crippen LogP contribution is 2.39. The molecule has 1 unspecified atom stereocenters. The minimum atomic E-state index is -0.485. The van der Waals surface area contributed by atoms with E-state index in [4.69, 9.17) is 9.72 Å². The Morgan fingerprint density at radius 2 is 2.16 bits per heavy atom. The highest BCUT2D eigenvalue weighted by molar-refractivity contribution is 5.93. The fourth-order valence-electron chi connectivity index (χ4n) is 4.56. The zero-order valence-corrected chi connectivity index (χ0v) is 17.7. The first-order chi connectivity index (χ1) is 15.5. The number of halogens is 1. The quantitative estimate of drug-likeness (QED) is 0.648. The first kappa shape index (κ1) is 20.5. The highest BCUT2D eigenvalue weighted by Gasteiger charge is 2.30. The summed E-state index contributed by atoms with van der Waals surface area (Å²) in [5, 5.41) is 16.8. The van der Waals surface area contributed by atoms with E-state index in [1.54, 1.807) is 35.0 Å². The lowest BCUT2D eigenvalue weighted by molar-refractivity contribution is 0.176. The second kappa shape index (κ2) is 8.27. The maximum absolute atomic E-state index is 14.0. The Hall–Kier alpha value is -3.40. The van der Waals surface area contributed by atoms with E-state index in [9.17, 15) is 14.3 Å². The number of fused-ring (bicyclic) bond motifs is 1. The molecule has 9 nitrogen and oxygen atoms in total. The minimum Gasteiger partial charge on any atom is -0.496 e. The molecule has 5 rings (SSSR count). The molecule has 1 aromatic carbocycles. The summed E-state index contributed by atoms with van der Waals surface area (Å²) >= 11 is 0. The van der Waals surface area contributed by atoms with Crippen LogP contribution in [0.4, 0.5) is 20.7 Å². The van der Waals surface area contributed by atoms with Crippen LogP contribution in [0, 0.1) is 5.82 Å². The average Bonchev–Trinajstić information content (AvgIpc) is 3.53. The standard InChI is InChI=1S/C22H25FN6O3/c1-32-19-5-4-14(23)11-16(19)18-3-2-8-28(18)20-7-10-29-21(26-20)17(12-24-29)25-22(31)27-9-6-15(30)13-27/h4-5,7,10-12,15,18,30H,2-3,6,8-9,13H2,1H3,(H,25,31)/t15?,18-/m1/s1. The minimum absolute atomic E-state index is 0.0670. The summed E-state index contributed by atoms with van der Waals surface area (Å²) < 4.78 is 21.1. The monoisotopic (exact) mass is 440 g/mol. The van der Waals surface area contributed by atoms with E-state index >= 15 is 0 Å². The predicted molar refractivity (Wildman–Crippen MR) is 116 cm³/mol. The number of hydrogen-bond donors (Lipinski definition) is 2. The molecule has 2 amide bonds. The second-order valence-electron chi connectivity index (χ2n) is 8.17. The molecule has 2 atom stereocenters. The Balaban J connectivity index is 1.44. The second-order valence-corrected chi connectivity index (χ2v) is 8.17. The summed E-state index contributed by atoms with van der Waals surface area (Å²) in [5.74, 6) is 1.07. The molecule has 2 saturated heterocycles. The number of rotatable bonds is 4. The van der Waals surface area contributed by atoms with Crippen LogP contribution in [0.25, 0.3) is 5.65 Å². The molecule has 0 radical (unpaired) electrons. The van der Waals surface area contributed by atoms with Crippen LogP contribution in [0.1, 0.15) is 30.9 Å². The molecule has 32 heavy (non-hydrogen) atoms. The predicted octanol–water partition coefficient (Wildman–Crippen LogP) is 2.82. The van der Waals surface area contributed by atoms with Crippen LogP contribution in [0.3, 0.4) is 0 Å². The molecular weight excluding hydrogens is 415 g/mol. The molecule has 0 bridgehead atoms. The molecule has 2 fully saturated rings. The van der Waals surface area contributed by atoms with Gasteiger partial charge in [-0.1, -0.05) is 0 Å². The molecule has 10 heteroatoms. The fraction of sp³-hybridized carbons (Fsp3) is 0.409. The van der Waals surface area contributed by atoms with Gasteiger partial charge in [-0.25, -0.2) is 18.7 Å². The number of urea groups is 1. The fourth-order valence-corrected chi connectivity index (χ4v) is 4.56. The summed E-state index contributed by atoms with van der Waals surface area (Å²) in [6.07, 6.45) is 5.24. The Morgan fingerprint density at radius 1 is 1.28 bits per heavy atom. The van der Waals surface area contributed by atoms with Gasteiger partial charge in [-0.3, -0.25) is 0 Å². The number of hydrogen-bond acceptors (Lipinski definition) is 6. The molecule has 2 aliphatic heterocycles. The molecule has 3 aromatic rings. The van der Waals surface area contributed by atoms with Crippen molar-refractivity contribution >= 4 is 23.2 Å². The summed E-state index contributed by atoms with van der Waals surface area (Å²) in [4.78, 5) is 21.0. The van der Waals surface area contributed by atoms with E-state index in [0.29, 0.717) is 36.6 Å². The van der Waals surface area contributed by atoms with Gasteiger partial charge in [0.15, 0.2) is 5.65 Å². The number of amides is 2. The number of methoxy groups -OCH3 is 1. The number of nitrogens with one attached hydrogen (secondary N) is 1. The summed E-state index contributed by atoms with van der Waals surface area (Å²) in [7, 11) is 1.58. The van der Waals surface area contributed by atoms with Gasteiger partial charge >= 0.3 is 6.03 Å². The molecule has 0 saturated carbocycles. The van der Waals surface area contributed by atoms with E-state index in [1.807, 2.05) is 6.07 Å². The number of carbonyl (C=O) groups is 1. The van der Waals surface area contributed by atoms with Crippen LogP contribution in [0.15, 0.2) is 36.7 Å². The van der Waals surface area contributed by atoms with Gasteiger partial charge in [0.1, 0.15) is 23.1 Å². The van der Waals surface area contributed by atoms with Crippen LogP contribution in [-0.2, 0) is 0 Å². The average molecular weight is 440 g/mol. The van der Waals surface area contributed by atoms with Gasteiger partial charge < -0.3 is 25.0 Å². The number of β-amino-alcohol motifs (C(OH)–C–C–N with tert-alkyl or cyclic N) is 1. The number of nitrogens with zero attached hydrogens (tertiary/aromatic N) is 5. The van der Waals surface area contributed by atoms with Gasteiger partial charge in [0.05, 0.1) is 25.5 Å². The van der Waals surface area contributed by atoms with Gasteiger partial charge in [-0.15, -0.1) is 0 Å². The van der Waals surface area contributed by atoms with Crippen LogP contribution in [0.5, 0.6) is 5.75 Å². The van der Waals surface area contributed by atoms with Crippen molar-refractivity contribution in [2.45, 2.75) is 31.4 Å². The van der Waals surface area contributed by atoms with Crippen molar-refractivity contribution in [1.82, 2.24) is 19.5 Å². The van der Waals surface area contributed by atoms with Gasteiger partial charge in [0.25, 0.3) is 0 Å². The Labute approximate surface area is 184 Å². The normalized spacial score (nSPS) is 20.8. The first-order valence-corrected chi connectivity index (χ1v) is 10.7. The third-order valence-electron chi connectivity index (χ3n) is 6.14. The van der Waals surface area contributed by atoms with Crippen molar-refractivity contribution in [1.29, 1.82) is 0 Å². The third kappa shape index (κ3) is 3.70. The molecule has 2 aromatic heterocycles. The molecular formula is C22H25FN6O3. The third-order valence-corrected chi connectivity index (χ3v) is 6.14. The number of aliphatic hydroxyl groups excluding tert-OH is 1. The van der Waals surface area contributed by atoms with Gasteiger partial charge in [-0.2, -0.15) is 5.10 Å². The van der Waals surface area contributed by atoms with E-state index < -0.39 is 6.10 Å². The molecule has 2 N–H and O–H groups in total. The number of anilines is 2. The molecule has 168 valence electrons. The van der Waals surface area contributed by atoms with Crippen LogP contribution >= 0.6 is 0 Å². The Bertz CT molecular complexity index is 1150.